The Morgan fingerprint density at radius 1 is 1.19 bits per heavy atom. The van der Waals surface area contributed by atoms with Gasteiger partial charge in [-0.05, 0) is 43.2 Å². The number of halogens is 3. The van der Waals surface area contributed by atoms with Crippen molar-refractivity contribution in [2.75, 3.05) is 18.9 Å². The van der Waals surface area contributed by atoms with E-state index in [9.17, 15) is 23.1 Å². The molecule has 4 rings (SSSR count). The molecule has 0 atom stereocenters. The van der Waals surface area contributed by atoms with Crippen molar-refractivity contribution < 1.29 is 23.1 Å². The van der Waals surface area contributed by atoms with Crippen LogP contribution in [0.4, 0.5) is 19.0 Å². The SMILES string of the molecule is CNC(=O)c1cc(-c2ccc(NCC3(c4ncccc4F)CC(F)C3)nn2)c(F)cc1O. The van der Waals surface area contributed by atoms with E-state index < -0.39 is 34.9 Å². The molecule has 1 fully saturated rings. The lowest BCUT2D eigenvalue weighted by Crippen LogP contribution is -2.49. The predicted octanol–water partition coefficient (Wildman–Crippen LogP) is 3.36. The lowest BCUT2D eigenvalue weighted by Gasteiger charge is -2.44. The first-order valence-electron chi connectivity index (χ1n) is 9.90. The van der Waals surface area contributed by atoms with Gasteiger partial charge in [-0.25, -0.2) is 13.2 Å². The topological polar surface area (TPSA) is 100 Å². The molecule has 2 heterocycles. The number of aromatic hydroxyl groups is 1. The third-order valence-corrected chi connectivity index (χ3v) is 5.59. The Kier molecular flexibility index (Phi) is 5.68. The van der Waals surface area contributed by atoms with E-state index in [2.05, 4.69) is 25.8 Å². The average Bonchev–Trinajstić information content (AvgIpc) is 2.76. The summed E-state index contributed by atoms with van der Waals surface area (Å²) >= 11 is 0. The molecule has 3 aromatic rings. The first-order chi connectivity index (χ1) is 15.3. The Bertz CT molecular complexity index is 1150. The molecule has 1 aliphatic rings. The molecule has 166 valence electrons. The van der Waals surface area contributed by atoms with E-state index >= 15 is 0 Å². The van der Waals surface area contributed by atoms with Gasteiger partial charge in [-0.2, -0.15) is 0 Å². The molecule has 1 aliphatic carbocycles. The molecular formula is C22H20F3N5O2. The highest BCUT2D eigenvalue weighted by atomic mass is 19.1. The fourth-order valence-corrected chi connectivity index (χ4v) is 3.89. The number of pyridine rings is 1. The number of amides is 1. The molecule has 0 unspecified atom stereocenters. The number of benzene rings is 1. The van der Waals surface area contributed by atoms with Gasteiger partial charge in [0.05, 0.1) is 17.0 Å². The Labute approximate surface area is 181 Å². The standard InChI is InChI=1S/C22H20F3N5O2/c1-26-21(32)14-7-13(16(25)8-18(14)31)17-4-5-19(30-29-17)28-11-22(9-12(23)10-22)20-15(24)3-2-6-27-20/h2-8,12,31H,9-11H2,1H3,(H,26,32)(H,28,30). The second-order valence-electron chi connectivity index (χ2n) is 7.71. The van der Waals surface area contributed by atoms with E-state index in [0.29, 0.717) is 5.82 Å². The summed E-state index contributed by atoms with van der Waals surface area (Å²) in [4.78, 5) is 16.0. The van der Waals surface area contributed by atoms with Gasteiger partial charge in [-0.1, -0.05) is 0 Å². The quantitative estimate of drug-likeness (QED) is 0.540. The highest BCUT2D eigenvalue weighted by molar-refractivity contribution is 5.97. The van der Waals surface area contributed by atoms with E-state index in [4.69, 9.17) is 0 Å². The van der Waals surface area contributed by atoms with Crippen LogP contribution in [-0.4, -0.2) is 46.0 Å². The van der Waals surface area contributed by atoms with Gasteiger partial charge in [0.25, 0.3) is 5.91 Å². The monoisotopic (exact) mass is 443 g/mol. The fourth-order valence-electron chi connectivity index (χ4n) is 3.89. The molecule has 1 aromatic carbocycles. The minimum atomic E-state index is -1.03. The van der Waals surface area contributed by atoms with Crippen molar-refractivity contribution in [1.82, 2.24) is 20.5 Å². The van der Waals surface area contributed by atoms with Crippen LogP contribution in [0, 0.1) is 11.6 Å². The van der Waals surface area contributed by atoms with Gasteiger partial charge in [-0.15, -0.1) is 10.2 Å². The van der Waals surface area contributed by atoms with Crippen molar-refractivity contribution in [3.63, 3.8) is 0 Å². The molecule has 0 saturated heterocycles. The van der Waals surface area contributed by atoms with E-state index in [1.807, 2.05) is 0 Å². The summed E-state index contributed by atoms with van der Waals surface area (Å²) in [5.74, 6) is -1.99. The molecule has 2 aromatic heterocycles. The molecule has 3 N–H and O–H groups in total. The number of nitrogens with zero attached hydrogens (tertiary/aromatic N) is 3. The Hall–Kier alpha value is -3.69. The number of phenols is 1. The lowest BCUT2D eigenvalue weighted by atomic mass is 9.65. The van der Waals surface area contributed by atoms with Crippen LogP contribution in [0.15, 0.2) is 42.6 Å². The normalized spacial score (nSPS) is 19.8. The van der Waals surface area contributed by atoms with Gasteiger partial charge in [0.2, 0.25) is 0 Å². The van der Waals surface area contributed by atoms with E-state index in [1.165, 1.54) is 37.5 Å². The summed E-state index contributed by atoms with van der Waals surface area (Å²) in [6.45, 7) is 0.198. The van der Waals surface area contributed by atoms with Crippen molar-refractivity contribution in [2.45, 2.75) is 24.4 Å². The summed E-state index contributed by atoms with van der Waals surface area (Å²) < 4.78 is 42.3. The summed E-state index contributed by atoms with van der Waals surface area (Å²) in [6.07, 6.45) is 0.721. The molecule has 7 nitrogen and oxygen atoms in total. The van der Waals surface area contributed by atoms with Gasteiger partial charge in [-0.3, -0.25) is 9.78 Å². The highest BCUT2D eigenvalue weighted by Gasteiger charge is 2.48. The molecule has 1 amide bonds. The summed E-state index contributed by atoms with van der Waals surface area (Å²) in [5.41, 5.74) is -0.545. The second kappa shape index (κ2) is 8.45. The fraction of sp³-hybridized carbons (Fsp3) is 0.273. The Morgan fingerprint density at radius 3 is 2.59 bits per heavy atom. The van der Waals surface area contributed by atoms with Crippen molar-refractivity contribution >= 4 is 11.7 Å². The van der Waals surface area contributed by atoms with Crippen LogP contribution in [0.5, 0.6) is 5.75 Å². The summed E-state index contributed by atoms with van der Waals surface area (Å²) in [5, 5.41) is 23.2. The van der Waals surface area contributed by atoms with E-state index in [0.717, 1.165) is 6.07 Å². The van der Waals surface area contributed by atoms with Crippen molar-refractivity contribution in [1.29, 1.82) is 0 Å². The summed E-state index contributed by atoms with van der Waals surface area (Å²) in [6, 6.07) is 7.84. The third kappa shape index (κ3) is 3.95. The zero-order valence-electron chi connectivity index (χ0n) is 17.1. The number of carbonyl (C=O) groups is 1. The van der Waals surface area contributed by atoms with Gasteiger partial charge >= 0.3 is 0 Å². The molecule has 0 spiro atoms. The Balaban J connectivity index is 1.54. The molecule has 10 heteroatoms. The molecular weight excluding hydrogens is 423 g/mol. The van der Waals surface area contributed by atoms with E-state index in [-0.39, 0.29) is 41.9 Å². The minimum Gasteiger partial charge on any atom is -0.507 e. The average molecular weight is 443 g/mol. The molecule has 1 saturated carbocycles. The molecule has 0 aliphatic heterocycles. The van der Waals surface area contributed by atoms with Crippen LogP contribution in [0.25, 0.3) is 11.3 Å². The van der Waals surface area contributed by atoms with E-state index in [1.54, 1.807) is 6.07 Å². The maximum atomic E-state index is 14.4. The predicted molar refractivity (Wildman–Crippen MR) is 111 cm³/mol. The summed E-state index contributed by atoms with van der Waals surface area (Å²) in [7, 11) is 1.39. The lowest BCUT2D eigenvalue weighted by molar-refractivity contribution is 0.0957. The number of alkyl halides is 1. The Morgan fingerprint density at radius 2 is 1.97 bits per heavy atom. The zero-order valence-corrected chi connectivity index (χ0v) is 17.1. The van der Waals surface area contributed by atoms with Crippen LogP contribution in [0.2, 0.25) is 0 Å². The maximum Gasteiger partial charge on any atom is 0.254 e. The van der Waals surface area contributed by atoms with Crippen LogP contribution in [-0.2, 0) is 5.41 Å². The smallest absolute Gasteiger partial charge is 0.254 e. The molecule has 0 bridgehead atoms. The van der Waals surface area contributed by atoms with Gasteiger partial charge in [0.15, 0.2) is 0 Å². The molecule has 32 heavy (non-hydrogen) atoms. The third-order valence-electron chi connectivity index (χ3n) is 5.59. The minimum absolute atomic E-state index is 0.00765. The van der Waals surface area contributed by atoms with Crippen LogP contribution < -0.4 is 10.6 Å². The first kappa shape index (κ1) is 21.5. The van der Waals surface area contributed by atoms with Crippen LogP contribution >= 0.6 is 0 Å². The second-order valence-corrected chi connectivity index (χ2v) is 7.71. The number of phenolic OH excluding ortho intramolecular Hbond substituents is 1. The zero-order chi connectivity index (χ0) is 22.9. The first-order valence-corrected chi connectivity index (χ1v) is 9.90. The maximum absolute atomic E-state index is 14.4. The molecule has 0 radical (unpaired) electrons. The number of hydrogen-bond donors (Lipinski definition) is 3. The number of carbonyl (C=O) groups excluding carboxylic acids is 1. The number of hydrogen-bond acceptors (Lipinski definition) is 6. The van der Waals surface area contributed by atoms with Gasteiger partial charge in [0.1, 0.15) is 29.4 Å². The van der Waals surface area contributed by atoms with Crippen LogP contribution in [0.1, 0.15) is 28.9 Å². The largest absolute Gasteiger partial charge is 0.507 e. The van der Waals surface area contributed by atoms with Crippen molar-refractivity contribution in [2.24, 2.45) is 0 Å². The van der Waals surface area contributed by atoms with Crippen molar-refractivity contribution in [3.8, 4) is 17.0 Å². The van der Waals surface area contributed by atoms with Gasteiger partial charge in [0, 0.05) is 36.8 Å². The number of aromatic nitrogens is 3. The van der Waals surface area contributed by atoms with Crippen molar-refractivity contribution in [3.05, 3.63) is 65.5 Å². The highest BCUT2D eigenvalue weighted by Crippen LogP contribution is 2.45. The number of rotatable bonds is 6. The van der Waals surface area contributed by atoms with Crippen LogP contribution in [0.3, 0.4) is 0 Å². The van der Waals surface area contributed by atoms with Gasteiger partial charge < -0.3 is 15.7 Å². The number of nitrogens with one attached hydrogen (secondary N) is 2. The number of anilines is 1.